The van der Waals surface area contributed by atoms with Gasteiger partial charge in [-0.1, -0.05) is 20.8 Å². The quantitative estimate of drug-likeness (QED) is 0.496. The molecule has 1 aromatic rings. The third-order valence-electron chi connectivity index (χ3n) is 3.32. The number of carbonyl (C=O) groups excluding carboxylic acids is 3. The van der Waals surface area contributed by atoms with E-state index in [0.29, 0.717) is 11.4 Å². The molecule has 0 radical (unpaired) electrons. The second kappa shape index (κ2) is 6.58. The topological polar surface area (TPSA) is 93.7 Å². The first-order chi connectivity index (χ1) is 11.5. The van der Waals surface area contributed by atoms with Gasteiger partial charge in [0.2, 0.25) is 5.91 Å². The van der Waals surface area contributed by atoms with Crippen molar-refractivity contribution in [1.82, 2.24) is 0 Å². The lowest BCUT2D eigenvalue weighted by atomic mass is 9.95. The van der Waals surface area contributed by atoms with Crippen molar-refractivity contribution in [3.63, 3.8) is 0 Å². The highest BCUT2D eigenvalue weighted by Crippen LogP contribution is 2.23. The Hall–Kier alpha value is -2.83. The lowest BCUT2D eigenvalue weighted by Gasteiger charge is -2.29. The summed E-state index contributed by atoms with van der Waals surface area (Å²) < 4.78 is 10.0. The van der Waals surface area contributed by atoms with E-state index < -0.39 is 23.1 Å². The van der Waals surface area contributed by atoms with Gasteiger partial charge in [0.1, 0.15) is 0 Å². The highest BCUT2D eigenvalue weighted by Gasteiger charge is 2.38. The van der Waals surface area contributed by atoms with Crippen LogP contribution < -0.4 is 10.6 Å². The fourth-order valence-electron chi connectivity index (χ4n) is 1.90. The van der Waals surface area contributed by atoms with Crippen molar-refractivity contribution in [2.45, 2.75) is 40.4 Å². The van der Waals surface area contributed by atoms with Crippen LogP contribution in [0.4, 0.5) is 11.4 Å². The van der Waals surface area contributed by atoms with Gasteiger partial charge in [-0.3, -0.25) is 4.79 Å². The average molecular weight is 346 g/mol. The summed E-state index contributed by atoms with van der Waals surface area (Å²) in [6, 6.07) is 6.84. The minimum Gasteiger partial charge on any atom is -0.419 e. The molecule has 2 N–H and O–H groups in total. The predicted molar refractivity (Wildman–Crippen MR) is 92.5 cm³/mol. The SMILES string of the molecule is CC1(C)OC(=O)C(=CNc2ccc(NC(=O)C(C)(C)C)cc2)C(=O)O1. The molecule has 1 aliphatic heterocycles. The van der Waals surface area contributed by atoms with Crippen molar-refractivity contribution in [3.05, 3.63) is 36.0 Å². The Balaban J connectivity index is 2.03. The van der Waals surface area contributed by atoms with Crippen LogP contribution in [0.5, 0.6) is 0 Å². The Morgan fingerprint density at radius 1 is 1.00 bits per heavy atom. The molecule has 1 saturated heterocycles. The number of benzene rings is 1. The molecule has 1 fully saturated rings. The standard InChI is InChI=1S/C18H22N2O5/c1-17(2,3)16(23)20-12-8-6-11(7-9-12)19-10-13-14(21)24-18(4,5)25-15(13)22/h6-10,19H,1-5H3,(H,20,23). The van der Waals surface area contributed by atoms with Gasteiger partial charge in [0.25, 0.3) is 5.79 Å². The summed E-state index contributed by atoms with van der Waals surface area (Å²) in [5.74, 6) is -2.85. The molecule has 1 aromatic carbocycles. The molecule has 1 aliphatic rings. The summed E-state index contributed by atoms with van der Waals surface area (Å²) in [6.45, 7) is 8.45. The number of carbonyl (C=O) groups is 3. The molecular weight excluding hydrogens is 324 g/mol. The van der Waals surface area contributed by atoms with Crippen LogP contribution >= 0.6 is 0 Å². The van der Waals surface area contributed by atoms with E-state index in [2.05, 4.69) is 10.6 Å². The fourth-order valence-corrected chi connectivity index (χ4v) is 1.90. The Morgan fingerprint density at radius 2 is 1.48 bits per heavy atom. The minimum atomic E-state index is -1.27. The van der Waals surface area contributed by atoms with Gasteiger partial charge < -0.3 is 20.1 Å². The molecule has 0 unspecified atom stereocenters. The largest absolute Gasteiger partial charge is 0.419 e. The van der Waals surface area contributed by atoms with Crippen molar-refractivity contribution in [3.8, 4) is 0 Å². The van der Waals surface area contributed by atoms with Crippen molar-refractivity contribution in [2.75, 3.05) is 10.6 Å². The van der Waals surface area contributed by atoms with Crippen LogP contribution in [0.15, 0.2) is 36.0 Å². The number of amides is 1. The molecule has 1 heterocycles. The van der Waals surface area contributed by atoms with E-state index in [1.165, 1.54) is 20.0 Å². The molecule has 0 bridgehead atoms. The summed E-state index contributed by atoms with van der Waals surface area (Å²) in [6.07, 6.45) is 1.24. The van der Waals surface area contributed by atoms with Crippen LogP contribution in [0.25, 0.3) is 0 Å². The van der Waals surface area contributed by atoms with Crippen LogP contribution in [0.3, 0.4) is 0 Å². The highest BCUT2D eigenvalue weighted by atomic mass is 16.7. The van der Waals surface area contributed by atoms with Gasteiger partial charge in [0.05, 0.1) is 0 Å². The third-order valence-corrected chi connectivity index (χ3v) is 3.32. The van der Waals surface area contributed by atoms with Gasteiger partial charge in [-0.15, -0.1) is 0 Å². The average Bonchev–Trinajstić information content (AvgIpc) is 2.45. The first-order valence-corrected chi connectivity index (χ1v) is 7.83. The van der Waals surface area contributed by atoms with Gasteiger partial charge in [0.15, 0.2) is 5.57 Å². The van der Waals surface area contributed by atoms with E-state index in [0.717, 1.165) is 0 Å². The zero-order chi connectivity index (χ0) is 18.8. The summed E-state index contributed by atoms with van der Waals surface area (Å²) in [5.41, 5.74) is 0.573. The number of anilines is 2. The number of nitrogens with one attached hydrogen (secondary N) is 2. The maximum Gasteiger partial charge on any atom is 0.350 e. The predicted octanol–water partition coefficient (Wildman–Crippen LogP) is 2.80. The van der Waals surface area contributed by atoms with Gasteiger partial charge >= 0.3 is 11.9 Å². The molecule has 0 aromatic heterocycles. The molecule has 7 heteroatoms. The third kappa shape index (κ3) is 4.82. The zero-order valence-electron chi connectivity index (χ0n) is 14.9. The number of rotatable bonds is 3. The molecule has 1 amide bonds. The van der Waals surface area contributed by atoms with Crippen LogP contribution in [-0.2, 0) is 23.9 Å². The molecule has 134 valence electrons. The van der Waals surface area contributed by atoms with Gasteiger partial charge in [-0.25, -0.2) is 9.59 Å². The number of hydrogen-bond acceptors (Lipinski definition) is 6. The Kier molecular flexibility index (Phi) is 4.87. The molecule has 7 nitrogen and oxygen atoms in total. The second-order valence-electron chi connectivity index (χ2n) is 7.16. The first kappa shape index (κ1) is 18.5. The fraction of sp³-hybridized carbons (Fsp3) is 0.389. The Bertz CT molecular complexity index is 705. The Labute approximate surface area is 146 Å². The first-order valence-electron chi connectivity index (χ1n) is 7.83. The monoisotopic (exact) mass is 346 g/mol. The van der Waals surface area contributed by atoms with E-state index in [-0.39, 0.29) is 11.5 Å². The van der Waals surface area contributed by atoms with E-state index >= 15 is 0 Å². The van der Waals surface area contributed by atoms with Crippen molar-refractivity contribution >= 4 is 29.2 Å². The summed E-state index contributed by atoms with van der Waals surface area (Å²) in [5, 5.41) is 5.64. The lowest BCUT2D eigenvalue weighted by molar-refractivity contribution is -0.222. The maximum atomic E-state index is 11.9. The van der Waals surface area contributed by atoms with Crippen LogP contribution in [0.1, 0.15) is 34.6 Å². The van der Waals surface area contributed by atoms with Crippen LogP contribution in [0.2, 0.25) is 0 Å². The van der Waals surface area contributed by atoms with Crippen molar-refractivity contribution in [2.24, 2.45) is 5.41 Å². The number of cyclic esters (lactones) is 2. The molecule has 2 rings (SSSR count). The molecule has 25 heavy (non-hydrogen) atoms. The van der Waals surface area contributed by atoms with E-state index in [1.54, 1.807) is 24.3 Å². The molecule has 0 atom stereocenters. The number of hydrogen-bond donors (Lipinski definition) is 2. The highest BCUT2D eigenvalue weighted by molar-refractivity contribution is 6.15. The van der Waals surface area contributed by atoms with E-state index in [4.69, 9.17) is 9.47 Å². The van der Waals surface area contributed by atoms with Gasteiger partial charge in [0, 0.05) is 36.8 Å². The summed E-state index contributed by atoms with van der Waals surface area (Å²) >= 11 is 0. The van der Waals surface area contributed by atoms with Gasteiger partial charge in [-0.2, -0.15) is 0 Å². The summed E-state index contributed by atoms with van der Waals surface area (Å²) in [7, 11) is 0. The molecule has 0 saturated carbocycles. The van der Waals surface area contributed by atoms with E-state index in [1.807, 2.05) is 20.8 Å². The zero-order valence-corrected chi connectivity index (χ0v) is 14.9. The summed E-state index contributed by atoms with van der Waals surface area (Å²) in [4.78, 5) is 35.6. The second-order valence-corrected chi connectivity index (χ2v) is 7.16. The van der Waals surface area contributed by atoms with Crippen molar-refractivity contribution in [1.29, 1.82) is 0 Å². The molecular formula is C18H22N2O5. The van der Waals surface area contributed by atoms with Crippen LogP contribution in [-0.4, -0.2) is 23.6 Å². The number of esters is 2. The van der Waals surface area contributed by atoms with Crippen LogP contribution in [0, 0.1) is 5.41 Å². The lowest BCUT2D eigenvalue weighted by Crippen LogP contribution is -2.42. The van der Waals surface area contributed by atoms with Gasteiger partial charge in [-0.05, 0) is 24.3 Å². The molecule has 0 spiro atoms. The smallest absolute Gasteiger partial charge is 0.350 e. The normalized spacial score (nSPS) is 16.6. The maximum absolute atomic E-state index is 11.9. The minimum absolute atomic E-state index is 0.0920. The van der Waals surface area contributed by atoms with E-state index in [9.17, 15) is 14.4 Å². The number of ether oxygens (including phenoxy) is 2. The van der Waals surface area contributed by atoms with Crippen molar-refractivity contribution < 1.29 is 23.9 Å². The Morgan fingerprint density at radius 3 is 1.96 bits per heavy atom. The molecule has 0 aliphatic carbocycles.